The van der Waals surface area contributed by atoms with Gasteiger partial charge in [-0.3, -0.25) is 9.52 Å². The summed E-state index contributed by atoms with van der Waals surface area (Å²) in [6.45, 7) is 5.39. The first-order valence-corrected chi connectivity index (χ1v) is 9.88. The molecule has 0 saturated carbocycles. The Balaban J connectivity index is 2.04. The predicted octanol–water partition coefficient (Wildman–Crippen LogP) is 3.33. The summed E-state index contributed by atoms with van der Waals surface area (Å²) in [7, 11) is -2.14. The topological polar surface area (TPSA) is 84.5 Å². The summed E-state index contributed by atoms with van der Waals surface area (Å²) < 4.78 is 32.3. The molecule has 0 radical (unpaired) electrons. The zero-order valence-electron chi connectivity index (χ0n) is 15.4. The Labute approximate surface area is 154 Å². The summed E-state index contributed by atoms with van der Waals surface area (Å²) in [5.74, 6) is -0.913. The van der Waals surface area contributed by atoms with Crippen LogP contribution in [-0.2, 0) is 14.8 Å². The van der Waals surface area contributed by atoms with E-state index in [1.807, 2.05) is 32.0 Å². The number of rotatable bonds is 7. The van der Waals surface area contributed by atoms with Crippen molar-refractivity contribution in [2.45, 2.75) is 20.8 Å². The van der Waals surface area contributed by atoms with Gasteiger partial charge < -0.3 is 10.1 Å². The number of nitrogens with one attached hydrogen (secondary N) is 2. The average molecular weight is 376 g/mol. The Morgan fingerprint density at radius 1 is 1.08 bits per heavy atom. The number of carbonyl (C=O) groups excluding carboxylic acids is 1. The van der Waals surface area contributed by atoms with E-state index < -0.39 is 15.9 Å². The SMILES string of the molecule is COc1ccc(C)cc1NC(=O)C(C)CS(=O)(=O)Nc1ccc(C)cc1. The molecule has 0 fully saturated rings. The number of methoxy groups -OCH3 is 1. The fraction of sp³-hybridized carbons (Fsp3) is 0.316. The highest BCUT2D eigenvalue weighted by molar-refractivity contribution is 7.92. The largest absolute Gasteiger partial charge is 0.495 e. The van der Waals surface area contributed by atoms with Crippen LogP contribution in [0, 0.1) is 19.8 Å². The number of benzene rings is 2. The summed E-state index contributed by atoms with van der Waals surface area (Å²) in [6, 6.07) is 12.4. The molecule has 2 rings (SSSR count). The maximum absolute atomic E-state index is 12.4. The Morgan fingerprint density at radius 2 is 1.69 bits per heavy atom. The Hall–Kier alpha value is -2.54. The maximum atomic E-state index is 12.4. The van der Waals surface area contributed by atoms with Crippen LogP contribution in [0.2, 0.25) is 0 Å². The van der Waals surface area contributed by atoms with Crippen molar-refractivity contribution in [1.82, 2.24) is 0 Å². The minimum Gasteiger partial charge on any atom is -0.495 e. The fourth-order valence-electron chi connectivity index (χ4n) is 2.42. The molecule has 26 heavy (non-hydrogen) atoms. The number of sulfonamides is 1. The van der Waals surface area contributed by atoms with E-state index in [9.17, 15) is 13.2 Å². The maximum Gasteiger partial charge on any atom is 0.233 e. The normalized spacial score (nSPS) is 12.3. The van der Waals surface area contributed by atoms with Crippen molar-refractivity contribution < 1.29 is 17.9 Å². The molecular formula is C19H24N2O4S. The highest BCUT2D eigenvalue weighted by Gasteiger charge is 2.22. The van der Waals surface area contributed by atoms with Crippen LogP contribution in [0.15, 0.2) is 42.5 Å². The van der Waals surface area contributed by atoms with Crippen molar-refractivity contribution in [3.05, 3.63) is 53.6 Å². The lowest BCUT2D eigenvalue weighted by atomic mass is 10.1. The van der Waals surface area contributed by atoms with Gasteiger partial charge in [-0.05, 0) is 43.7 Å². The van der Waals surface area contributed by atoms with Gasteiger partial charge in [0.05, 0.1) is 24.5 Å². The van der Waals surface area contributed by atoms with E-state index in [0.29, 0.717) is 17.1 Å². The van der Waals surface area contributed by atoms with Crippen molar-refractivity contribution in [2.75, 3.05) is 22.9 Å². The second-order valence-corrected chi connectivity index (χ2v) is 8.11. The zero-order chi connectivity index (χ0) is 19.3. The third kappa shape index (κ3) is 5.49. The number of aryl methyl sites for hydroxylation is 2. The van der Waals surface area contributed by atoms with Crippen molar-refractivity contribution in [1.29, 1.82) is 0 Å². The second-order valence-electron chi connectivity index (χ2n) is 6.34. The first-order chi connectivity index (χ1) is 12.2. The van der Waals surface area contributed by atoms with Crippen LogP contribution < -0.4 is 14.8 Å². The van der Waals surface area contributed by atoms with E-state index in [0.717, 1.165) is 11.1 Å². The molecule has 7 heteroatoms. The molecule has 1 amide bonds. The average Bonchev–Trinajstić information content (AvgIpc) is 2.56. The molecule has 6 nitrogen and oxygen atoms in total. The van der Waals surface area contributed by atoms with E-state index in [-0.39, 0.29) is 11.7 Å². The quantitative estimate of drug-likeness (QED) is 0.776. The van der Waals surface area contributed by atoms with Gasteiger partial charge in [-0.1, -0.05) is 30.7 Å². The molecule has 0 aromatic heterocycles. The number of anilines is 2. The molecule has 0 aliphatic heterocycles. The van der Waals surface area contributed by atoms with E-state index in [2.05, 4.69) is 10.0 Å². The van der Waals surface area contributed by atoms with Crippen LogP contribution in [0.25, 0.3) is 0 Å². The van der Waals surface area contributed by atoms with Gasteiger partial charge in [0.15, 0.2) is 0 Å². The lowest BCUT2D eigenvalue weighted by molar-refractivity contribution is -0.118. The van der Waals surface area contributed by atoms with Crippen molar-refractivity contribution in [3.8, 4) is 5.75 Å². The van der Waals surface area contributed by atoms with Gasteiger partial charge >= 0.3 is 0 Å². The summed E-state index contributed by atoms with van der Waals surface area (Å²) in [5.41, 5.74) is 2.99. The number of hydrogen-bond acceptors (Lipinski definition) is 4. The van der Waals surface area contributed by atoms with Gasteiger partial charge in [0.25, 0.3) is 0 Å². The number of amides is 1. The van der Waals surface area contributed by atoms with Crippen molar-refractivity contribution in [3.63, 3.8) is 0 Å². The first kappa shape index (κ1) is 19.8. The molecule has 1 unspecified atom stereocenters. The molecule has 0 saturated heterocycles. The standard InChI is InChI=1S/C19H24N2O4S/c1-13-5-8-16(9-6-13)21-26(23,24)12-15(3)19(22)20-17-11-14(2)7-10-18(17)25-4/h5-11,15,21H,12H2,1-4H3,(H,20,22). The van der Waals surface area contributed by atoms with E-state index in [1.54, 1.807) is 31.2 Å². The smallest absolute Gasteiger partial charge is 0.233 e. The molecular weight excluding hydrogens is 352 g/mol. The van der Waals surface area contributed by atoms with Crippen LogP contribution in [-0.4, -0.2) is 27.2 Å². The summed E-state index contributed by atoms with van der Waals surface area (Å²) in [5, 5.41) is 2.74. The van der Waals surface area contributed by atoms with Gasteiger partial charge in [-0.25, -0.2) is 8.42 Å². The van der Waals surface area contributed by atoms with Gasteiger partial charge in [0.1, 0.15) is 5.75 Å². The van der Waals surface area contributed by atoms with E-state index in [1.165, 1.54) is 7.11 Å². The number of hydrogen-bond donors (Lipinski definition) is 2. The van der Waals surface area contributed by atoms with Gasteiger partial charge in [-0.15, -0.1) is 0 Å². The molecule has 0 heterocycles. The lowest BCUT2D eigenvalue weighted by Crippen LogP contribution is -2.30. The van der Waals surface area contributed by atoms with Gasteiger partial charge in [-0.2, -0.15) is 0 Å². The highest BCUT2D eigenvalue weighted by atomic mass is 32.2. The minimum absolute atomic E-state index is 0.319. The van der Waals surface area contributed by atoms with E-state index >= 15 is 0 Å². The molecule has 2 aromatic rings. The summed E-state index contributed by atoms with van der Waals surface area (Å²) in [6.07, 6.45) is 0. The van der Waals surface area contributed by atoms with Crippen LogP contribution in [0.1, 0.15) is 18.1 Å². The zero-order valence-corrected chi connectivity index (χ0v) is 16.2. The third-order valence-corrected chi connectivity index (χ3v) is 5.34. The second kappa shape index (κ2) is 8.23. The fourth-order valence-corrected chi connectivity index (χ4v) is 3.81. The highest BCUT2D eigenvalue weighted by Crippen LogP contribution is 2.25. The first-order valence-electron chi connectivity index (χ1n) is 8.23. The molecule has 140 valence electrons. The number of ether oxygens (including phenoxy) is 1. The van der Waals surface area contributed by atoms with Gasteiger partial charge in [0, 0.05) is 5.69 Å². The molecule has 0 aliphatic carbocycles. The van der Waals surface area contributed by atoms with Crippen LogP contribution in [0.5, 0.6) is 5.75 Å². The van der Waals surface area contributed by atoms with E-state index in [4.69, 9.17) is 4.74 Å². The Morgan fingerprint density at radius 3 is 2.31 bits per heavy atom. The molecule has 2 aromatic carbocycles. The molecule has 0 spiro atoms. The molecule has 1 atom stereocenters. The molecule has 2 N–H and O–H groups in total. The minimum atomic E-state index is -3.65. The monoisotopic (exact) mass is 376 g/mol. The summed E-state index contributed by atoms with van der Waals surface area (Å²) in [4.78, 5) is 12.4. The predicted molar refractivity (Wildman–Crippen MR) is 104 cm³/mol. The molecule has 0 aliphatic rings. The van der Waals surface area contributed by atoms with Crippen LogP contribution >= 0.6 is 0 Å². The lowest BCUT2D eigenvalue weighted by Gasteiger charge is -2.16. The van der Waals surface area contributed by atoms with Crippen LogP contribution in [0.4, 0.5) is 11.4 Å². The summed E-state index contributed by atoms with van der Waals surface area (Å²) >= 11 is 0. The van der Waals surface area contributed by atoms with Crippen molar-refractivity contribution >= 4 is 27.3 Å². The van der Waals surface area contributed by atoms with Crippen molar-refractivity contribution in [2.24, 2.45) is 5.92 Å². The Bertz CT molecular complexity index is 877. The van der Waals surface area contributed by atoms with Crippen LogP contribution in [0.3, 0.4) is 0 Å². The van der Waals surface area contributed by atoms with Gasteiger partial charge in [0.2, 0.25) is 15.9 Å². The third-order valence-electron chi connectivity index (χ3n) is 3.85. The molecule has 0 bridgehead atoms. The number of carbonyl (C=O) groups is 1. The Kier molecular flexibility index (Phi) is 6.26.